The largest absolute Gasteiger partial charge is 0.393 e. The predicted octanol–water partition coefficient (Wildman–Crippen LogP) is 3.06. The minimum atomic E-state index is -0.300. The minimum absolute atomic E-state index is 0.0762. The molecule has 0 spiro atoms. The van der Waals surface area contributed by atoms with Crippen molar-refractivity contribution in [2.45, 2.75) is 38.7 Å². The van der Waals surface area contributed by atoms with Gasteiger partial charge in [0.15, 0.2) is 5.78 Å². The van der Waals surface area contributed by atoms with E-state index in [-0.39, 0.29) is 23.7 Å². The zero-order valence-corrected chi connectivity index (χ0v) is 10.3. The van der Waals surface area contributed by atoms with Crippen LogP contribution in [-0.2, 0) is 0 Å². The summed E-state index contributed by atoms with van der Waals surface area (Å²) in [6, 6.07) is 9.40. The summed E-state index contributed by atoms with van der Waals surface area (Å²) in [6.07, 6.45) is 3.74. The molecule has 17 heavy (non-hydrogen) atoms. The van der Waals surface area contributed by atoms with Gasteiger partial charge in [0.05, 0.1) is 6.10 Å². The molecule has 0 aliphatic heterocycles. The van der Waals surface area contributed by atoms with E-state index in [0.29, 0.717) is 0 Å². The lowest BCUT2D eigenvalue weighted by molar-refractivity contribution is 0.0374. The Bertz CT molecular complexity index is 372. The first-order chi connectivity index (χ1) is 8.20. The van der Waals surface area contributed by atoms with E-state index in [1.54, 1.807) is 0 Å². The highest BCUT2D eigenvalue weighted by atomic mass is 16.3. The number of hydrogen-bond donors (Lipinski definition) is 1. The van der Waals surface area contributed by atoms with Gasteiger partial charge in [-0.25, -0.2) is 0 Å². The molecule has 1 saturated carbocycles. The molecule has 3 atom stereocenters. The van der Waals surface area contributed by atoms with E-state index in [2.05, 4.69) is 0 Å². The summed E-state index contributed by atoms with van der Waals surface area (Å²) >= 11 is 0. The van der Waals surface area contributed by atoms with Crippen LogP contribution in [0.4, 0.5) is 0 Å². The van der Waals surface area contributed by atoms with Crippen LogP contribution in [0, 0.1) is 11.8 Å². The summed E-state index contributed by atoms with van der Waals surface area (Å²) in [5, 5.41) is 9.98. The minimum Gasteiger partial charge on any atom is -0.393 e. The van der Waals surface area contributed by atoms with Crippen LogP contribution in [0.25, 0.3) is 0 Å². The third-order valence-corrected chi connectivity index (χ3v) is 3.90. The van der Waals surface area contributed by atoms with E-state index in [0.717, 1.165) is 31.2 Å². The number of Topliss-reactive ketones (excluding diaryl/α,β-unsaturated/α-hetero) is 1. The molecule has 0 saturated heterocycles. The maximum atomic E-state index is 12.3. The molecule has 1 N–H and O–H groups in total. The number of carbonyl (C=O) groups is 1. The highest BCUT2D eigenvalue weighted by Gasteiger charge is 2.32. The molecule has 92 valence electrons. The van der Waals surface area contributed by atoms with Crippen LogP contribution in [-0.4, -0.2) is 17.0 Å². The molecule has 1 aliphatic rings. The lowest BCUT2D eigenvalue weighted by Crippen LogP contribution is -2.33. The van der Waals surface area contributed by atoms with E-state index in [9.17, 15) is 9.90 Å². The van der Waals surface area contributed by atoms with Gasteiger partial charge in [0, 0.05) is 11.5 Å². The highest BCUT2D eigenvalue weighted by molar-refractivity contribution is 5.97. The molecule has 2 heteroatoms. The number of hydrogen-bond acceptors (Lipinski definition) is 2. The van der Waals surface area contributed by atoms with Gasteiger partial charge in [0.25, 0.3) is 0 Å². The van der Waals surface area contributed by atoms with Crippen LogP contribution in [0.1, 0.15) is 43.0 Å². The van der Waals surface area contributed by atoms with Crippen LogP contribution < -0.4 is 0 Å². The molecule has 1 aliphatic carbocycles. The smallest absolute Gasteiger partial charge is 0.166 e. The van der Waals surface area contributed by atoms with Crippen LogP contribution in [0.3, 0.4) is 0 Å². The Labute approximate surface area is 103 Å². The van der Waals surface area contributed by atoms with Crippen molar-refractivity contribution in [1.29, 1.82) is 0 Å². The van der Waals surface area contributed by atoms with Crippen molar-refractivity contribution < 1.29 is 9.90 Å². The van der Waals surface area contributed by atoms with Crippen molar-refractivity contribution >= 4 is 5.78 Å². The number of carbonyl (C=O) groups excluding carboxylic acids is 1. The van der Waals surface area contributed by atoms with Crippen LogP contribution in [0.2, 0.25) is 0 Å². The fraction of sp³-hybridized carbons (Fsp3) is 0.533. The Morgan fingerprint density at radius 1 is 1.24 bits per heavy atom. The second-order valence-electron chi connectivity index (χ2n) is 5.03. The third-order valence-electron chi connectivity index (χ3n) is 3.90. The fourth-order valence-electron chi connectivity index (χ4n) is 2.78. The lowest BCUT2D eigenvalue weighted by atomic mass is 9.76. The second kappa shape index (κ2) is 5.46. The predicted molar refractivity (Wildman–Crippen MR) is 67.9 cm³/mol. The summed E-state index contributed by atoms with van der Waals surface area (Å²) < 4.78 is 0. The van der Waals surface area contributed by atoms with Gasteiger partial charge in [0.1, 0.15) is 0 Å². The van der Waals surface area contributed by atoms with Gasteiger partial charge in [-0.05, 0) is 18.8 Å². The summed E-state index contributed by atoms with van der Waals surface area (Å²) in [5.41, 5.74) is 0.762. The molecule has 0 amide bonds. The molecule has 2 nitrogen and oxygen atoms in total. The van der Waals surface area contributed by atoms with Gasteiger partial charge in [-0.2, -0.15) is 0 Å². The maximum Gasteiger partial charge on any atom is 0.166 e. The molecule has 0 radical (unpaired) electrons. The van der Waals surface area contributed by atoms with Crippen LogP contribution >= 0.6 is 0 Å². The third kappa shape index (κ3) is 2.75. The average molecular weight is 232 g/mol. The first-order valence-corrected chi connectivity index (χ1v) is 6.47. The van der Waals surface area contributed by atoms with Crippen LogP contribution in [0.5, 0.6) is 0 Å². The average Bonchev–Trinajstić information content (AvgIpc) is 2.39. The first-order valence-electron chi connectivity index (χ1n) is 6.47. The quantitative estimate of drug-likeness (QED) is 0.813. The first kappa shape index (κ1) is 12.3. The molecule has 1 aromatic carbocycles. The van der Waals surface area contributed by atoms with Crippen molar-refractivity contribution in [1.82, 2.24) is 0 Å². The highest BCUT2D eigenvalue weighted by Crippen LogP contribution is 2.32. The Kier molecular flexibility index (Phi) is 3.95. The van der Waals surface area contributed by atoms with E-state index in [4.69, 9.17) is 0 Å². The van der Waals surface area contributed by atoms with E-state index < -0.39 is 0 Å². The second-order valence-corrected chi connectivity index (χ2v) is 5.03. The van der Waals surface area contributed by atoms with Gasteiger partial charge >= 0.3 is 0 Å². The summed E-state index contributed by atoms with van der Waals surface area (Å²) in [7, 11) is 0. The monoisotopic (exact) mass is 232 g/mol. The van der Waals surface area contributed by atoms with Crippen LogP contribution in [0.15, 0.2) is 30.3 Å². The Hall–Kier alpha value is -1.15. The van der Waals surface area contributed by atoms with E-state index in [1.807, 2.05) is 37.3 Å². The van der Waals surface area contributed by atoms with Crippen molar-refractivity contribution in [2.24, 2.45) is 11.8 Å². The fourth-order valence-corrected chi connectivity index (χ4v) is 2.78. The maximum absolute atomic E-state index is 12.3. The number of benzene rings is 1. The number of ketones is 1. The lowest BCUT2D eigenvalue weighted by Gasteiger charge is -2.31. The zero-order chi connectivity index (χ0) is 12.3. The van der Waals surface area contributed by atoms with Crippen molar-refractivity contribution in [2.75, 3.05) is 0 Å². The molecule has 0 heterocycles. The van der Waals surface area contributed by atoms with Crippen molar-refractivity contribution in [3.05, 3.63) is 35.9 Å². The standard InChI is InChI=1S/C15H20O2/c1-11(13-9-5-6-10-14(13)16)15(17)12-7-3-2-4-8-12/h2-4,7-8,11,13-14,16H,5-6,9-10H2,1H3/t11-,13-,14+/m1/s1. The Balaban J connectivity index is 2.09. The summed E-state index contributed by atoms with van der Waals surface area (Å²) in [6.45, 7) is 1.95. The SMILES string of the molecule is C[C@@H](C(=O)c1ccccc1)[C@H]1CCCC[C@@H]1O. The number of rotatable bonds is 3. The summed E-state index contributed by atoms with van der Waals surface area (Å²) in [4.78, 5) is 12.3. The van der Waals surface area contributed by atoms with Gasteiger partial charge in [-0.1, -0.05) is 50.1 Å². The molecule has 0 unspecified atom stereocenters. The normalized spacial score (nSPS) is 26.5. The Morgan fingerprint density at radius 2 is 1.88 bits per heavy atom. The number of aliphatic hydroxyl groups is 1. The molecular weight excluding hydrogens is 212 g/mol. The number of aliphatic hydroxyl groups excluding tert-OH is 1. The van der Waals surface area contributed by atoms with Gasteiger partial charge in [-0.3, -0.25) is 4.79 Å². The van der Waals surface area contributed by atoms with E-state index >= 15 is 0 Å². The molecule has 0 aromatic heterocycles. The molecule has 1 fully saturated rings. The zero-order valence-electron chi connectivity index (χ0n) is 10.3. The van der Waals surface area contributed by atoms with E-state index in [1.165, 1.54) is 0 Å². The Morgan fingerprint density at radius 3 is 2.53 bits per heavy atom. The topological polar surface area (TPSA) is 37.3 Å². The van der Waals surface area contributed by atoms with Gasteiger partial charge < -0.3 is 5.11 Å². The van der Waals surface area contributed by atoms with Crippen molar-refractivity contribution in [3.63, 3.8) is 0 Å². The molecule has 2 rings (SSSR count). The summed E-state index contributed by atoms with van der Waals surface area (Å²) in [5.74, 6) is 0.223. The molecular formula is C15H20O2. The molecule has 1 aromatic rings. The van der Waals surface area contributed by atoms with Gasteiger partial charge in [0.2, 0.25) is 0 Å². The van der Waals surface area contributed by atoms with Crippen molar-refractivity contribution in [3.8, 4) is 0 Å². The van der Waals surface area contributed by atoms with Gasteiger partial charge in [-0.15, -0.1) is 0 Å². The molecule has 0 bridgehead atoms.